The molecular formula is C24H21ClN6O4. The van der Waals surface area contributed by atoms with Gasteiger partial charge in [-0.15, -0.1) is 0 Å². The maximum absolute atomic E-state index is 12.5. The maximum atomic E-state index is 12.5. The van der Waals surface area contributed by atoms with E-state index in [2.05, 4.69) is 20.4 Å². The number of carbonyl (C=O) groups excluding carboxylic acids is 1. The van der Waals surface area contributed by atoms with E-state index in [0.29, 0.717) is 29.0 Å². The van der Waals surface area contributed by atoms with Crippen molar-refractivity contribution in [3.8, 4) is 17.4 Å². The molecule has 0 spiro atoms. The summed E-state index contributed by atoms with van der Waals surface area (Å²) >= 11 is 6.04. The number of hydrogen-bond acceptors (Lipinski definition) is 7. The number of halogens is 1. The van der Waals surface area contributed by atoms with Gasteiger partial charge in [0, 0.05) is 29.6 Å². The quantitative estimate of drug-likeness (QED) is 0.278. The first-order chi connectivity index (χ1) is 16.6. The predicted molar refractivity (Wildman–Crippen MR) is 131 cm³/mol. The number of anilines is 1. The molecule has 0 aliphatic heterocycles. The van der Waals surface area contributed by atoms with Crippen molar-refractivity contribution in [3.63, 3.8) is 0 Å². The molecule has 0 saturated carbocycles. The van der Waals surface area contributed by atoms with Gasteiger partial charge < -0.3 is 10.1 Å². The van der Waals surface area contributed by atoms with Gasteiger partial charge in [0.2, 0.25) is 5.88 Å². The first-order valence-corrected chi connectivity index (χ1v) is 10.9. The summed E-state index contributed by atoms with van der Waals surface area (Å²) in [5, 5.41) is 18.1. The summed E-state index contributed by atoms with van der Waals surface area (Å²) in [6.07, 6.45) is 0. The third-order valence-corrected chi connectivity index (χ3v) is 5.73. The molecule has 2 heterocycles. The second kappa shape index (κ2) is 9.51. The lowest BCUT2D eigenvalue weighted by Gasteiger charge is -2.10. The molecule has 4 rings (SSSR count). The largest absolute Gasteiger partial charge is 0.439 e. The molecule has 0 aliphatic carbocycles. The lowest BCUT2D eigenvalue weighted by molar-refractivity contribution is -0.384. The number of ether oxygens (including phenoxy) is 1. The van der Waals surface area contributed by atoms with E-state index in [1.807, 2.05) is 20.8 Å². The molecule has 35 heavy (non-hydrogen) atoms. The van der Waals surface area contributed by atoms with E-state index in [0.717, 1.165) is 23.0 Å². The molecule has 0 fully saturated rings. The van der Waals surface area contributed by atoms with E-state index in [-0.39, 0.29) is 16.3 Å². The Morgan fingerprint density at radius 2 is 1.77 bits per heavy atom. The summed E-state index contributed by atoms with van der Waals surface area (Å²) in [6, 6.07) is 12.1. The second-order valence-corrected chi connectivity index (χ2v) is 8.23. The van der Waals surface area contributed by atoms with Gasteiger partial charge in [-0.3, -0.25) is 14.9 Å². The molecule has 4 aromatic rings. The molecule has 11 heteroatoms. The third kappa shape index (κ3) is 5.12. The monoisotopic (exact) mass is 492 g/mol. The predicted octanol–water partition coefficient (Wildman–Crippen LogP) is 5.50. The fraction of sp³-hybridized carbons (Fsp3) is 0.167. The van der Waals surface area contributed by atoms with Crippen LogP contribution in [0.15, 0.2) is 48.5 Å². The highest BCUT2D eigenvalue weighted by atomic mass is 35.5. The van der Waals surface area contributed by atoms with Crippen LogP contribution in [0.3, 0.4) is 0 Å². The lowest BCUT2D eigenvalue weighted by Crippen LogP contribution is -2.12. The SMILES string of the molecule is Cc1nc(Oc2ccc(NC(=O)c3ccc([N+](=O)[O-])cc3Cl)cc2)cc(-n2nc(C)c(C)c2C)n1. The van der Waals surface area contributed by atoms with Crippen LogP contribution in [0.25, 0.3) is 5.82 Å². The molecule has 2 aromatic heterocycles. The van der Waals surface area contributed by atoms with E-state index < -0.39 is 10.8 Å². The summed E-state index contributed by atoms with van der Waals surface area (Å²) in [7, 11) is 0. The number of nitro benzene ring substituents is 1. The Balaban J connectivity index is 1.49. The minimum Gasteiger partial charge on any atom is -0.439 e. The number of nitrogens with one attached hydrogen (secondary N) is 1. The fourth-order valence-electron chi connectivity index (χ4n) is 3.36. The van der Waals surface area contributed by atoms with Crippen LogP contribution in [0.1, 0.15) is 33.1 Å². The summed E-state index contributed by atoms with van der Waals surface area (Å²) in [4.78, 5) is 31.6. The molecular weight excluding hydrogens is 472 g/mol. The van der Waals surface area contributed by atoms with Gasteiger partial charge in [0.15, 0.2) is 5.82 Å². The molecule has 0 bridgehead atoms. The average molecular weight is 493 g/mol. The number of non-ortho nitro benzene ring substituents is 1. The van der Waals surface area contributed by atoms with Crippen LogP contribution in [0.2, 0.25) is 5.02 Å². The van der Waals surface area contributed by atoms with Crippen molar-refractivity contribution in [2.45, 2.75) is 27.7 Å². The maximum Gasteiger partial charge on any atom is 0.270 e. The van der Waals surface area contributed by atoms with Crippen molar-refractivity contribution in [1.29, 1.82) is 0 Å². The van der Waals surface area contributed by atoms with Crippen LogP contribution in [0.4, 0.5) is 11.4 Å². The van der Waals surface area contributed by atoms with Crippen LogP contribution in [-0.4, -0.2) is 30.6 Å². The van der Waals surface area contributed by atoms with Crippen molar-refractivity contribution in [1.82, 2.24) is 19.7 Å². The standard InChI is InChI=1S/C24H21ClN6O4/c1-13-14(2)29-30(15(13)3)22-12-23(27-16(4)26-22)35-19-8-5-17(6-9-19)28-24(32)20-10-7-18(31(33)34)11-21(20)25/h5-12H,1-4H3,(H,28,32). The molecule has 2 aromatic carbocycles. The Hall–Kier alpha value is -4.31. The van der Waals surface area contributed by atoms with Gasteiger partial charge in [0.05, 0.1) is 21.2 Å². The number of carbonyl (C=O) groups is 1. The first kappa shape index (κ1) is 23.8. The third-order valence-electron chi connectivity index (χ3n) is 5.41. The molecule has 0 atom stereocenters. The Bertz CT molecular complexity index is 1450. The average Bonchev–Trinajstić information content (AvgIpc) is 3.07. The minimum atomic E-state index is -0.577. The van der Waals surface area contributed by atoms with Crippen LogP contribution >= 0.6 is 11.6 Å². The van der Waals surface area contributed by atoms with Gasteiger partial charge in [0.25, 0.3) is 11.6 Å². The Morgan fingerprint density at radius 3 is 2.37 bits per heavy atom. The number of nitro groups is 1. The van der Waals surface area contributed by atoms with Gasteiger partial charge in [-0.05, 0) is 63.6 Å². The highest BCUT2D eigenvalue weighted by molar-refractivity contribution is 6.34. The Labute approximate surface area is 205 Å². The fourth-order valence-corrected chi connectivity index (χ4v) is 3.62. The van der Waals surface area contributed by atoms with E-state index in [1.165, 1.54) is 12.1 Å². The lowest BCUT2D eigenvalue weighted by atomic mass is 10.2. The Morgan fingerprint density at radius 1 is 1.06 bits per heavy atom. The molecule has 1 N–H and O–H groups in total. The van der Waals surface area contributed by atoms with Gasteiger partial charge in [-0.25, -0.2) is 9.67 Å². The number of amides is 1. The molecule has 0 radical (unpaired) electrons. The van der Waals surface area contributed by atoms with E-state index >= 15 is 0 Å². The van der Waals surface area contributed by atoms with Crippen molar-refractivity contribution in [2.24, 2.45) is 0 Å². The molecule has 0 unspecified atom stereocenters. The topological polar surface area (TPSA) is 125 Å². The molecule has 0 aliphatic rings. The van der Waals surface area contributed by atoms with Crippen molar-refractivity contribution >= 4 is 28.9 Å². The van der Waals surface area contributed by atoms with Crippen molar-refractivity contribution < 1.29 is 14.5 Å². The number of rotatable bonds is 6. The Kier molecular flexibility index (Phi) is 6.48. The normalized spacial score (nSPS) is 10.8. The van der Waals surface area contributed by atoms with E-state index in [1.54, 1.807) is 41.9 Å². The number of aryl methyl sites for hydroxylation is 2. The molecule has 1 amide bonds. The summed E-state index contributed by atoms with van der Waals surface area (Å²) in [5.74, 6) is 1.50. The van der Waals surface area contributed by atoms with Crippen molar-refractivity contribution in [2.75, 3.05) is 5.32 Å². The molecule has 178 valence electrons. The van der Waals surface area contributed by atoms with Gasteiger partial charge in [-0.1, -0.05) is 11.6 Å². The zero-order valence-electron chi connectivity index (χ0n) is 19.4. The van der Waals surface area contributed by atoms with Crippen LogP contribution in [0, 0.1) is 37.8 Å². The van der Waals surface area contributed by atoms with Gasteiger partial charge in [0.1, 0.15) is 11.6 Å². The van der Waals surface area contributed by atoms with Crippen molar-refractivity contribution in [3.05, 3.63) is 92.0 Å². The minimum absolute atomic E-state index is 0.00982. The zero-order chi connectivity index (χ0) is 25.3. The molecule has 10 nitrogen and oxygen atoms in total. The number of aromatic nitrogens is 4. The summed E-state index contributed by atoms with van der Waals surface area (Å²) in [5.41, 5.74) is 3.43. The summed E-state index contributed by atoms with van der Waals surface area (Å²) < 4.78 is 7.67. The van der Waals surface area contributed by atoms with Gasteiger partial charge >= 0.3 is 0 Å². The highest BCUT2D eigenvalue weighted by Crippen LogP contribution is 2.26. The smallest absolute Gasteiger partial charge is 0.270 e. The number of nitrogens with zero attached hydrogens (tertiary/aromatic N) is 5. The van der Waals surface area contributed by atoms with Crippen LogP contribution in [-0.2, 0) is 0 Å². The summed E-state index contributed by atoms with van der Waals surface area (Å²) in [6.45, 7) is 7.71. The van der Waals surface area contributed by atoms with E-state index in [4.69, 9.17) is 16.3 Å². The van der Waals surface area contributed by atoms with Gasteiger partial charge in [-0.2, -0.15) is 10.1 Å². The van der Waals surface area contributed by atoms with E-state index in [9.17, 15) is 14.9 Å². The highest BCUT2D eigenvalue weighted by Gasteiger charge is 2.16. The second-order valence-electron chi connectivity index (χ2n) is 7.82. The zero-order valence-corrected chi connectivity index (χ0v) is 20.1. The molecule has 0 saturated heterocycles. The first-order valence-electron chi connectivity index (χ1n) is 10.5. The number of benzene rings is 2. The number of hydrogen-bond donors (Lipinski definition) is 1. The van der Waals surface area contributed by atoms with Crippen LogP contribution < -0.4 is 10.1 Å². The van der Waals surface area contributed by atoms with Crippen LogP contribution in [0.5, 0.6) is 11.6 Å².